The van der Waals surface area contributed by atoms with Crippen molar-refractivity contribution in [3.8, 4) is 0 Å². The maximum atomic E-state index is 12.2. The van der Waals surface area contributed by atoms with Crippen LogP contribution >= 0.6 is 0 Å². The first-order valence-corrected chi connectivity index (χ1v) is 7.06. The fourth-order valence-electron chi connectivity index (χ4n) is 2.50. The van der Waals surface area contributed by atoms with Gasteiger partial charge in [0, 0.05) is 7.11 Å². The highest BCUT2D eigenvalue weighted by Crippen LogP contribution is 2.16. The lowest BCUT2D eigenvalue weighted by atomic mass is 10.0. The van der Waals surface area contributed by atoms with Gasteiger partial charge in [0.05, 0.1) is 12.6 Å². The molecule has 1 N–H and O–H groups in total. The predicted molar refractivity (Wildman–Crippen MR) is 71.7 cm³/mol. The molecule has 1 aliphatic rings. The van der Waals surface area contributed by atoms with E-state index in [1.807, 2.05) is 0 Å². The first-order chi connectivity index (χ1) is 9.74. The van der Waals surface area contributed by atoms with Gasteiger partial charge in [0.2, 0.25) is 11.8 Å². The molecular formula is C13H22N4O3. The van der Waals surface area contributed by atoms with E-state index in [0.717, 1.165) is 25.9 Å². The Balaban J connectivity index is 1.84. The molecule has 1 aromatic rings. The Hall–Kier alpha value is -1.47. The molecule has 1 aliphatic heterocycles. The number of ether oxygens (including phenoxy) is 1. The number of piperidine rings is 1. The molecule has 2 rings (SSSR count). The van der Waals surface area contributed by atoms with Gasteiger partial charge in [-0.3, -0.25) is 9.69 Å². The summed E-state index contributed by atoms with van der Waals surface area (Å²) >= 11 is 0. The lowest BCUT2D eigenvalue weighted by molar-refractivity contribution is -0.127. The topological polar surface area (TPSA) is 80.5 Å². The number of hydrogen-bond acceptors (Lipinski definition) is 6. The lowest BCUT2D eigenvalue weighted by Crippen LogP contribution is -2.49. The van der Waals surface area contributed by atoms with Gasteiger partial charge in [-0.1, -0.05) is 18.5 Å². The number of likely N-dealkylation sites (N-methyl/N-ethyl adjacent to an activating group) is 1. The van der Waals surface area contributed by atoms with Crippen molar-refractivity contribution in [2.45, 2.75) is 45.4 Å². The number of hydrogen-bond donors (Lipinski definition) is 1. The third-order valence-electron chi connectivity index (χ3n) is 3.52. The lowest BCUT2D eigenvalue weighted by Gasteiger charge is -2.33. The molecule has 7 nitrogen and oxygen atoms in total. The fourth-order valence-corrected chi connectivity index (χ4v) is 2.50. The van der Waals surface area contributed by atoms with Gasteiger partial charge in [-0.25, -0.2) is 0 Å². The van der Waals surface area contributed by atoms with Crippen LogP contribution in [-0.4, -0.2) is 47.2 Å². The van der Waals surface area contributed by atoms with Crippen LogP contribution in [-0.2, 0) is 22.7 Å². The summed E-state index contributed by atoms with van der Waals surface area (Å²) in [5.74, 6) is 0.937. The van der Waals surface area contributed by atoms with E-state index in [1.54, 1.807) is 7.11 Å². The zero-order chi connectivity index (χ0) is 14.4. The predicted octanol–water partition coefficient (Wildman–Crippen LogP) is 0.707. The summed E-state index contributed by atoms with van der Waals surface area (Å²) in [7, 11) is 1.57. The summed E-state index contributed by atoms with van der Waals surface area (Å²) in [6.45, 7) is 4.55. The van der Waals surface area contributed by atoms with Crippen LogP contribution in [0.3, 0.4) is 0 Å². The van der Waals surface area contributed by atoms with E-state index in [0.29, 0.717) is 18.3 Å². The van der Waals surface area contributed by atoms with Gasteiger partial charge in [-0.2, -0.15) is 4.98 Å². The van der Waals surface area contributed by atoms with E-state index in [1.165, 1.54) is 6.42 Å². The summed E-state index contributed by atoms with van der Waals surface area (Å²) in [6, 6.07) is -0.0323. The maximum absolute atomic E-state index is 12.2. The van der Waals surface area contributed by atoms with Crippen LogP contribution in [0.15, 0.2) is 4.52 Å². The van der Waals surface area contributed by atoms with Crippen molar-refractivity contribution in [1.29, 1.82) is 0 Å². The number of nitrogens with one attached hydrogen (secondary N) is 1. The monoisotopic (exact) mass is 282 g/mol. The van der Waals surface area contributed by atoms with Crippen molar-refractivity contribution < 1.29 is 14.1 Å². The molecule has 0 radical (unpaired) electrons. The molecule has 1 amide bonds. The summed E-state index contributed by atoms with van der Waals surface area (Å²) in [4.78, 5) is 18.5. The number of rotatable bonds is 6. The Morgan fingerprint density at radius 2 is 2.40 bits per heavy atom. The van der Waals surface area contributed by atoms with Crippen molar-refractivity contribution in [3.05, 3.63) is 11.7 Å². The molecule has 0 unspecified atom stereocenters. The molecule has 20 heavy (non-hydrogen) atoms. The number of carbonyl (C=O) groups excluding carboxylic acids is 1. The van der Waals surface area contributed by atoms with Gasteiger partial charge in [-0.05, 0) is 25.9 Å². The summed E-state index contributed by atoms with van der Waals surface area (Å²) in [6.07, 6.45) is 3.19. The Morgan fingerprint density at radius 3 is 3.15 bits per heavy atom. The minimum Gasteiger partial charge on any atom is -0.377 e. The van der Waals surface area contributed by atoms with Crippen LogP contribution in [0.4, 0.5) is 0 Å². The van der Waals surface area contributed by atoms with Crippen LogP contribution in [0.25, 0.3) is 0 Å². The third kappa shape index (κ3) is 3.77. The van der Waals surface area contributed by atoms with E-state index in [4.69, 9.17) is 9.26 Å². The number of amides is 1. The van der Waals surface area contributed by atoms with Gasteiger partial charge >= 0.3 is 0 Å². The molecule has 0 spiro atoms. The molecule has 1 fully saturated rings. The molecule has 0 bridgehead atoms. The Labute approximate surface area is 118 Å². The summed E-state index contributed by atoms with van der Waals surface area (Å²) in [5.41, 5.74) is 0. The van der Waals surface area contributed by atoms with Crippen molar-refractivity contribution in [2.75, 3.05) is 20.2 Å². The zero-order valence-electron chi connectivity index (χ0n) is 12.1. The number of nitrogens with zero attached hydrogens (tertiary/aromatic N) is 3. The third-order valence-corrected chi connectivity index (χ3v) is 3.52. The van der Waals surface area contributed by atoms with Crippen molar-refractivity contribution >= 4 is 5.91 Å². The van der Waals surface area contributed by atoms with Crippen LogP contribution in [0.1, 0.15) is 37.9 Å². The number of aromatic nitrogens is 2. The van der Waals surface area contributed by atoms with Crippen molar-refractivity contribution in [3.63, 3.8) is 0 Å². The standard InChI is InChI=1S/C13H22N4O3/c1-3-17-7-5-4-6-10(17)13(18)14-8-12-15-11(9-19-2)16-20-12/h10H,3-9H2,1-2H3,(H,14,18)/t10-/m0/s1. The molecule has 7 heteroatoms. The van der Waals surface area contributed by atoms with Crippen molar-refractivity contribution in [1.82, 2.24) is 20.4 Å². The molecule has 0 aromatic carbocycles. The van der Waals surface area contributed by atoms with Gasteiger partial charge in [-0.15, -0.1) is 0 Å². The summed E-state index contributed by atoms with van der Waals surface area (Å²) in [5, 5.41) is 6.63. The van der Waals surface area contributed by atoms with Crippen molar-refractivity contribution in [2.24, 2.45) is 0 Å². The first-order valence-electron chi connectivity index (χ1n) is 7.06. The van der Waals surface area contributed by atoms with Crippen LogP contribution in [0, 0.1) is 0 Å². The number of likely N-dealkylation sites (tertiary alicyclic amines) is 1. The number of methoxy groups -OCH3 is 1. The first kappa shape index (κ1) is 14.9. The van der Waals surface area contributed by atoms with E-state index < -0.39 is 0 Å². The Kier molecular flexibility index (Phi) is 5.49. The second-order valence-electron chi connectivity index (χ2n) is 4.90. The molecule has 2 heterocycles. The molecule has 1 aromatic heterocycles. The van der Waals surface area contributed by atoms with Gasteiger partial charge in [0.1, 0.15) is 6.61 Å². The largest absolute Gasteiger partial charge is 0.377 e. The highest BCUT2D eigenvalue weighted by molar-refractivity contribution is 5.81. The van der Waals surface area contributed by atoms with E-state index in [2.05, 4.69) is 27.3 Å². The van der Waals surface area contributed by atoms with E-state index in [9.17, 15) is 4.79 Å². The average molecular weight is 282 g/mol. The SMILES string of the molecule is CCN1CCCC[C@H]1C(=O)NCc1nc(COC)no1. The molecule has 0 aliphatic carbocycles. The van der Waals surface area contributed by atoms with Crippen LogP contribution in [0.2, 0.25) is 0 Å². The van der Waals surface area contributed by atoms with Crippen LogP contribution in [0.5, 0.6) is 0 Å². The highest BCUT2D eigenvalue weighted by Gasteiger charge is 2.27. The maximum Gasteiger partial charge on any atom is 0.246 e. The molecule has 1 saturated heterocycles. The second kappa shape index (κ2) is 7.35. The molecule has 1 atom stereocenters. The molecule has 0 saturated carbocycles. The molecule has 112 valence electrons. The highest BCUT2D eigenvalue weighted by atomic mass is 16.5. The minimum atomic E-state index is -0.0323. The second-order valence-corrected chi connectivity index (χ2v) is 4.90. The van der Waals surface area contributed by atoms with Gasteiger partial charge in [0.25, 0.3) is 0 Å². The van der Waals surface area contributed by atoms with Gasteiger partial charge in [0.15, 0.2) is 5.82 Å². The normalized spacial score (nSPS) is 20.0. The Bertz CT molecular complexity index is 435. The molecular weight excluding hydrogens is 260 g/mol. The van der Waals surface area contributed by atoms with Gasteiger partial charge < -0.3 is 14.6 Å². The zero-order valence-corrected chi connectivity index (χ0v) is 12.1. The average Bonchev–Trinajstić information content (AvgIpc) is 2.93. The van der Waals surface area contributed by atoms with E-state index >= 15 is 0 Å². The smallest absolute Gasteiger partial charge is 0.246 e. The summed E-state index contributed by atoms with van der Waals surface area (Å²) < 4.78 is 9.95. The Morgan fingerprint density at radius 1 is 1.55 bits per heavy atom. The minimum absolute atomic E-state index is 0.0323. The fraction of sp³-hybridized carbons (Fsp3) is 0.769. The number of carbonyl (C=O) groups is 1. The van der Waals surface area contributed by atoms with Crippen LogP contribution < -0.4 is 5.32 Å². The van der Waals surface area contributed by atoms with E-state index in [-0.39, 0.29) is 18.5 Å². The quantitative estimate of drug-likeness (QED) is 0.827.